The van der Waals surface area contributed by atoms with Gasteiger partial charge in [-0.25, -0.2) is 4.98 Å². The first-order valence-corrected chi connectivity index (χ1v) is 9.11. The molecule has 0 saturated carbocycles. The number of aliphatic imine (C=N–C) groups is 1. The van der Waals surface area contributed by atoms with Crippen molar-refractivity contribution in [2.24, 2.45) is 10.9 Å². The van der Waals surface area contributed by atoms with Crippen molar-refractivity contribution in [3.63, 3.8) is 0 Å². The van der Waals surface area contributed by atoms with E-state index in [0.717, 1.165) is 35.4 Å². The standard InChI is InChI=1S/C20H31N5O2/c1-15(2)13-25-10-9-22-19(25)12-23-20(21-3)24(4)14-16-7-8-17(26-5)11-18(16)27-6/h7-11,15H,12-14H2,1-6H3,(H,21,23). The van der Waals surface area contributed by atoms with Gasteiger partial charge in [-0.3, -0.25) is 4.99 Å². The lowest BCUT2D eigenvalue weighted by Crippen LogP contribution is -2.38. The summed E-state index contributed by atoms with van der Waals surface area (Å²) in [6.45, 7) is 6.64. The molecule has 0 atom stereocenters. The number of hydrogen-bond acceptors (Lipinski definition) is 4. The van der Waals surface area contributed by atoms with Crippen molar-refractivity contribution in [3.05, 3.63) is 42.0 Å². The van der Waals surface area contributed by atoms with Crippen LogP contribution in [-0.2, 0) is 19.6 Å². The van der Waals surface area contributed by atoms with E-state index in [1.807, 2.05) is 37.6 Å². The summed E-state index contributed by atoms with van der Waals surface area (Å²) < 4.78 is 12.9. The van der Waals surface area contributed by atoms with Gasteiger partial charge in [0.15, 0.2) is 5.96 Å². The second kappa shape index (κ2) is 9.85. The molecule has 148 valence electrons. The molecule has 0 bridgehead atoms. The Morgan fingerprint density at radius 2 is 2.07 bits per heavy atom. The third-order valence-corrected chi connectivity index (χ3v) is 4.24. The van der Waals surface area contributed by atoms with E-state index in [2.05, 4.69) is 38.6 Å². The first kappa shape index (κ1) is 20.6. The molecule has 0 spiro atoms. The maximum Gasteiger partial charge on any atom is 0.194 e. The van der Waals surface area contributed by atoms with Crippen LogP contribution in [0.4, 0.5) is 0 Å². The van der Waals surface area contributed by atoms with Gasteiger partial charge in [-0.2, -0.15) is 0 Å². The smallest absolute Gasteiger partial charge is 0.194 e. The molecule has 1 aromatic carbocycles. The minimum absolute atomic E-state index is 0.572. The van der Waals surface area contributed by atoms with E-state index in [4.69, 9.17) is 9.47 Å². The van der Waals surface area contributed by atoms with Crippen LogP contribution in [0.5, 0.6) is 11.5 Å². The van der Waals surface area contributed by atoms with Gasteiger partial charge in [-0.05, 0) is 18.1 Å². The minimum atomic E-state index is 0.572. The van der Waals surface area contributed by atoms with Crippen LogP contribution in [0.1, 0.15) is 25.2 Å². The lowest BCUT2D eigenvalue weighted by molar-refractivity contribution is 0.382. The van der Waals surface area contributed by atoms with Crippen molar-refractivity contribution in [1.82, 2.24) is 19.8 Å². The van der Waals surface area contributed by atoms with Gasteiger partial charge in [0.05, 0.1) is 20.8 Å². The van der Waals surface area contributed by atoms with Crippen LogP contribution in [-0.4, -0.2) is 48.7 Å². The molecular weight excluding hydrogens is 342 g/mol. The van der Waals surface area contributed by atoms with Crippen molar-refractivity contribution in [2.75, 3.05) is 28.3 Å². The van der Waals surface area contributed by atoms with E-state index < -0.39 is 0 Å². The summed E-state index contributed by atoms with van der Waals surface area (Å²) in [7, 11) is 7.10. The number of nitrogens with zero attached hydrogens (tertiary/aromatic N) is 4. The summed E-state index contributed by atoms with van der Waals surface area (Å²) in [6, 6.07) is 5.84. The van der Waals surface area contributed by atoms with Crippen LogP contribution < -0.4 is 14.8 Å². The molecule has 0 aliphatic rings. The molecule has 1 heterocycles. The average Bonchev–Trinajstić information content (AvgIpc) is 3.08. The summed E-state index contributed by atoms with van der Waals surface area (Å²) >= 11 is 0. The van der Waals surface area contributed by atoms with Crippen molar-refractivity contribution in [3.8, 4) is 11.5 Å². The molecule has 1 aromatic heterocycles. The predicted molar refractivity (Wildman–Crippen MR) is 108 cm³/mol. The zero-order valence-electron chi connectivity index (χ0n) is 17.2. The summed E-state index contributed by atoms with van der Waals surface area (Å²) in [5.41, 5.74) is 1.06. The Balaban J connectivity index is 2.02. The molecule has 0 amide bonds. The van der Waals surface area contributed by atoms with E-state index in [9.17, 15) is 0 Å². The third kappa shape index (κ3) is 5.64. The lowest BCUT2D eigenvalue weighted by atomic mass is 10.2. The minimum Gasteiger partial charge on any atom is -0.497 e. The van der Waals surface area contributed by atoms with Crippen LogP contribution in [0.3, 0.4) is 0 Å². The number of nitrogens with one attached hydrogen (secondary N) is 1. The first-order valence-electron chi connectivity index (χ1n) is 9.11. The molecule has 0 fully saturated rings. The van der Waals surface area contributed by atoms with Crippen LogP contribution in [0.15, 0.2) is 35.6 Å². The van der Waals surface area contributed by atoms with Crippen LogP contribution in [0.25, 0.3) is 0 Å². The highest BCUT2D eigenvalue weighted by atomic mass is 16.5. The third-order valence-electron chi connectivity index (χ3n) is 4.24. The normalized spacial score (nSPS) is 11.6. The topological polar surface area (TPSA) is 63.9 Å². The first-order chi connectivity index (χ1) is 13.0. The highest BCUT2D eigenvalue weighted by Gasteiger charge is 2.12. The summed E-state index contributed by atoms with van der Waals surface area (Å²) in [5, 5.41) is 3.39. The van der Waals surface area contributed by atoms with Gasteiger partial charge in [-0.1, -0.05) is 13.8 Å². The number of aromatic nitrogens is 2. The molecule has 7 nitrogen and oxygen atoms in total. The van der Waals surface area contributed by atoms with Crippen molar-refractivity contribution in [1.29, 1.82) is 0 Å². The van der Waals surface area contributed by atoms with Gasteiger partial charge in [-0.15, -0.1) is 0 Å². The molecule has 0 radical (unpaired) electrons. The van der Waals surface area contributed by atoms with E-state index in [0.29, 0.717) is 19.0 Å². The summed E-state index contributed by atoms with van der Waals surface area (Å²) in [4.78, 5) is 10.9. The number of rotatable bonds is 8. The highest BCUT2D eigenvalue weighted by molar-refractivity contribution is 5.79. The number of guanidine groups is 1. The van der Waals surface area contributed by atoms with E-state index in [-0.39, 0.29) is 0 Å². The Labute approximate surface area is 162 Å². The summed E-state index contributed by atoms with van der Waals surface area (Å²) in [5.74, 6) is 3.94. The van der Waals surface area contributed by atoms with Crippen LogP contribution in [0.2, 0.25) is 0 Å². The molecule has 2 rings (SSSR count). The van der Waals surface area contributed by atoms with Gasteiger partial charge in [0.1, 0.15) is 17.3 Å². The molecule has 27 heavy (non-hydrogen) atoms. The van der Waals surface area contributed by atoms with Gasteiger partial charge in [0, 0.05) is 51.2 Å². The fraction of sp³-hybridized carbons (Fsp3) is 0.500. The molecule has 2 aromatic rings. The van der Waals surface area contributed by atoms with Gasteiger partial charge in [0.2, 0.25) is 0 Å². The maximum absolute atomic E-state index is 5.49. The Morgan fingerprint density at radius 1 is 1.30 bits per heavy atom. The predicted octanol–water partition coefficient (Wildman–Crippen LogP) is 2.76. The van der Waals surface area contributed by atoms with Gasteiger partial charge < -0.3 is 24.3 Å². The molecule has 0 unspecified atom stereocenters. The Hall–Kier alpha value is -2.70. The Morgan fingerprint density at radius 3 is 2.70 bits per heavy atom. The van der Waals surface area contributed by atoms with Crippen molar-refractivity contribution >= 4 is 5.96 Å². The Bertz CT molecular complexity index is 755. The van der Waals surface area contributed by atoms with Crippen LogP contribution in [0, 0.1) is 5.92 Å². The highest BCUT2D eigenvalue weighted by Crippen LogP contribution is 2.25. The molecule has 0 saturated heterocycles. The SMILES string of the molecule is CN=C(NCc1nccn1CC(C)C)N(C)Cc1ccc(OC)cc1OC. The fourth-order valence-electron chi connectivity index (χ4n) is 2.92. The van der Waals surface area contributed by atoms with E-state index >= 15 is 0 Å². The van der Waals surface area contributed by atoms with Crippen molar-refractivity contribution in [2.45, 2.75) is 33.5 Å². The number of methoxy groups -OCH3 is 2. The second-order valence-corrected chi connectivity index (χ2v) is 6.82. The summed E-state index contributed by atoms with van der Waals surface area (Å²) in [6.07, 6.45) is 3.86. The molecule has 1 N–H and O–H groups in total. The quantitative estimate of drug-likeness (QED) is 0.569. The lowest BCUT2D eigenvalue weighted by Gasteiger charge is -2.23. The zero-order valence-corrected chi connectivity index (χ0v) is 17.2. The fourth-order valence-corrected chi connectivity index (χ4v) is 2.92. The molecule has 0 aliphatic carbocycles. The number of ether oxygens (including phenoxy) is 2. The Kier molecular flexibility index (Phi) is 7.52. The number of benzene rings is 1. The van der Waals surface area contributed by atoms with E-state index in [1.54, 1.807) is 21.3 Å². The van der Waals surface area contributed by atoms with E-state index in [1.165, 1.54) is 0 Å². The maximum atomic E-state index is 5.49. The van der Waals surface area contributed by atoms with Gasteiger partial charge in [0.25, 0.3) is 0 Å². The molecule has 0 aliphatic heterocycles. The monoisotopic (exact) mass is 373 g/mol. The van der Waals surface area contributed by atoms with Crippen molar-refractivity contribution < 1.29 is 9.47 Å². The second-order valence-electron chi connectivity index (χ2n) is 6.82. The zero-order chi connectivity index (χ0) is 19.8. The van der Waals surface area contributed by atoms with Crippen LogP contribution >= 0.6 is 0 Å². The number of imidazole rings is 1. The molecule has 7 heteroatoms. The van der Waals surface area contributed by atoms with Gasteiger partial charge >= 0.3 is 0 Å². The largest absolute Gasteiger partial charge is 0.497 e. The molecular formula is C20H31N5O2. The number of hydrogen-bond donors (Lipinski definition) is 1. The average molecular weight is 374 g/mol.